The van der Waals surface area contributed by atoms with E-state index in [9.17, 15) is 4.39 Å². The second-order valence-electron chi connectivity index (χ2n) is 6.30. The highest BCUT2D eigenvalue weighted by atomic mass is 19.1. The maximum Gasteiger partial charge on any atom is 0.149 e. The van der Waals surface area contributed by atoms with E-state index < -0.39 is 0 Å². The number of aromatic nitrogens is 4. The second kappa shape index (κ2) is 6.76. The standard InChI is InChI=1S/C18H20FN5O/c19-15-3-1-2-14-17(15)20-12-21-18(14)23-8-5-13(6-9-23)16-4-7-22-24(16)10-11-25/h1-4,7,12-13,25H,5-6,8-11H2. The van der Waals surface area contributed by atoms with Gasteiger partial charge >= 0.3 is 0 Å². The van der Waals surface area contributed by atoms with Crippen molar-refractivity contribution >= 4 is 16.7 Å². The number of hydrogen-bond donors (Lipinski definition) is 1. The average molecular weight is 341 g/mol. The maximum atomic E-state index is 14.0. The molecule has 0 aliphatic carbocycles. The summed E-state index contributed by atoms with van der Waals surface area (Å²) < 4.78 is 15.8. The van der Waals surface area contributed by atoms with E-state index in [4.69, 9.17) is 5.11 Å². The van der Waals surface area contributed by atoms with Crippen molar-refractivity contribution in [3.05, 3.63) is 48.3 Å². The molecule has 3 aromatic rings. The molecule has 0 unspecified atom stereocenters. The third-order valence-corrected chi connectivity index (χ3v) is 4.87. The molecule has 1 aliphatic rings. The van der Waals surface area contributed by atoms with Crippen LogP contribution in [0.1, 0.15) is 24.5 Å². The summed E-state index contributed by atoms with van der Waals surface area (Å²) >= 11 is 0. The Morgan fingerprint density at radius 3 is 2.80 bits per heavy atom. The molecular weight excluding hydrogens is 321 g/mol. The van der Waals surface area contributed by atoms with Crippen LogP contribution >= 0.6 is 0 Å². The molecule has 1 aliphatic heterocycles. The number of hydrogen-bond acceptors (Lipinski definition) is 5. The Kier molecular flexibility index (Phi) is 4.31. The molecule has 1 aromatic carbocycles. The summed E-state index contributed by atoms with van der Waals surface area (Å²) in [5, 5.41) is 14.2. The molecule has 1 N–H and O–H groups in total. The fraction of sp³-hybridized carbons (Fsp3) is 0.389. The van der Waals surface area contributed by atoms with Crippen LogP contribution in [0.5, 0.6) is 0 Å². The van der Waals surface area contributed by atoms with Gasteiger partial charge in [0.15, 0.2) is 0 Å². The highest BCUT2D eigenvalue weighted by Gasteiger charge is 2.25. The first kappa shape index (κ1) is 16.0. The number of anilines is 1. The van der Waals surface area contributed by atoms with E-state index in [0.717, 1.165) is 37.1 Å². The van der Waals surface area contributed by atoms with Crippen molar-refractivity contribution in [2.45, 2.75) is 25.3 Å². The number of rotatable bonds is 4. The molecule has 25 heavy (non-hydrogen) atoms. The van der Waals surface area contributed by atoms with Gasteiger partial charge in [0.25, 0.3) is 0 Å². The zero-order chi connectivity index (χ0) is 17.2. The summed E-state index contributed by atoms with van der Waals surface area (Å²) in [4.78, 5) is 10.7. The number of aliphatic hydroxyl groups excluding tert-OH is 1. The molecule has 4 rings (SSSR count). The molecule has 0 radical (unpaired) electrons. The van der Waals surface area contributed by atoms with Gasteiger partial charge in [-0.15, -0.1) is 0 Å². The first-order valence-corrected chi connectivity index (χ1v) is 8.54. The zero-order valence-electron chi connectivity index (χ0n) is 13.8. The Balaban J connectivity index is 1.55. The summed E-state index contributed by atoms with van der Waals surface area (Å²) in [6.07, 6.45) is 5.16. The van der Waals surface area contributed by atoms with Gasteiger partial charge in [-0.2, -0.15) is 5.10 Å². The lowest BCUT2D eigenvalue weighted by Gasteiger charge is -2.33. The van der Waals surface area contributed by atoms with Gasteiger partial charge in [0, 0.05) is 36.3 Å². The minimum absolute atomic E-state index is 0.0893. The first-order chi connectivity index (χ1) is 12.3. The highest BCUT2D eigenvalue weighted by Crippen LogP contribution is 2.32. The third-order valence-electron chi connectivity index (χ3n) is 4.87. The van der Waals surface area contributed by atoms with Crippen molar-refractivity contribution in [3.8, 4) is 0 Å². The van der Waals surface area contributed by atoms with Crippen LogP contribution < -0.4 is 4.90 Å². The lowest BCUT2D eigenvalue weighted by Crippen LogP contribution is -2.34. The zero-order valence-corrected chi connectivity index (χ0v) is 13.8. The smallest absolute Gasteiger partial charge is 0.149 e. The van der Waals surface area contributed by atoms with Gasteiger partial charge in [0.2, 0.25) is 0 Å². The van der Waals surface area contributed by atoms with Gasteiger partial charge < -0.3 is 10.0 Å². The van der Waals surface area contributed by atoms with Gasteiger partial charge in [0.1, 0.15) is 23.5 Å². The van der Waals surface area contributed by atoms with Gasteiger partial charge in [-0.25, -0.2) is 14.4 Å². The van der Waals surface area contributed by atoms with E-state index in [2.05, 4.69) is 20.0 Å². The number of aliphatic hydroxyl groups is 1. The van der Waals surface area contributed by atoms with Gasteiger partial charge in [-0.1, -0.05) is 6.07 Å². The molecule has 1 fully saturated rings. The topological polar surface area (TPSA) is 67.1 Å². The predicted octanol–water partition coefficient (Wildman–Crippen LogP) is 2.34. The Morgan fingerprint density at radius 2 is 2.00 bits per heavy atom. The fourth-order valence-electron chi connectivity index (χ4n) is 3.65. The average Bonchev–Trinajstić information content (AvgIpc) is 3.11. The fourth-order valence-corrected chi connectivity index (χ4v) is 3.65. The van der Waals surface area contributed by atoms with E-state index in [1.165, 1.54) is 18.1 Å². The quantitative estimate of drug-likeness (QED) is 0.789. The number of fused-ring (bicyclic) bond motifs is 1. The van der Waals surface area contributed by atoms with E-state index >= 15 is 0 Å². The van der Waals surface area contributed by atoms with Crippen molar-refractivity contribution in [1.82, 2.24) is 19.7 Å². The van der Waals surface area contributed by atoms with Crippen LogP contribution in [0.15, 0.2) is 36.8 Å². The summed E-state index contributed by atoms with van der Waals surface area (Å²) in [6, 6.07) is 7.03. The minimum atomic E-state index is -0.316. The van der Waals surface area contributed by atoms with E-state index in [1.807, 2.05) is 16.8 Å². The molecule has 0 amide bonds. The van der Waals surface area contributed by atoms with Crippen LogP contribution in [0.4, 0.5) is 10.2 Å². The van der Waals surface area contributed by atoms with Crippen molar-refractivity contribution in [2.24, 2.45) is 0 Å². The second-order valence-corrected chi connectivity index (χ2v) is 6.30. The number of halogens is 1. The van der Waals surface area contributed by atoms with E-state index in [1.54, 1.807) is 12.3 Å². The summed E-state index contributed by atoms with van der Waals surface area (Å²) in [7, 11) is 0. The maximum absolute atomic E-state index is 14.0. The molecule has 3 heterocycles. The molecule has 0 bridgehead atoms. The van der Waals surface area contributed by atoms with Gasteiger partial charge in [0.05, 0.1) is 13.2 Å². The summed E-state index contributed by atoms with van der Waals surface area (Å²) in [6.45, 7) is 2.31. The summed E-state index contributed by atoms with van der Waals surface area (Å²) in [5.74, 6) is 0.894. The van der Waals surface area contributed by atoms with Crippen LogP contribution in [0.2, 0.25) is 0 Å². The lowest BCUT2D eigenvalue weighted by atomic mass is 9.93. The van der Waals surface area contributed by atoms with Crippen molar-refractivity contribution in [1.29, 1.82) is 0 Å². The van der Waals surface area contributed by atoms with E-state index in [-0.39, 0.29) is 12.4 Å². The van der Waals surface area contributed by atoms with E-state index in [0.29, 0.717) is 18.0 Å². The lowest BCUT2D eigenvalue weighted by molar-refractivity contribution is 0.265. The molecule has 0 spiro atoms. The Bertz CT molecular complexity index is 873. The third kappa shape index (κ3) is 2.95. The van der Waals surface area contributed by atoms with Gasteiger partial charge in [-0.3, -0.25) is 4.68 Å². The molecule has 130 valence electrons. The Hall–Kier alpha value is -2.54. The van der Waals surface area contributed by atoms with Crippen LogP contribution in [-0.2, 0) is 6.54 Å². The molecular formula is C18H20FN5O. The highest BCUT2D eigenvalue weighted by molar-refractivity contribution is 5.89. The van der Waals surface area contributed by atoms with Crippen molar-refractivity contribution in [3.63, 3.8) is 0 Å². The van der Waals surface area contributed by atoms with Gasteiger partial charge in [-0.05, 0) is 31.0 Å². The monoisotopic (exact) mass is 341 g/mol. The summed E-state index contributed by atoms with van der Waals surface area (Å²) in [5.41, 5.74) is 1.54. The van der Waals surface area contributed by atoms with Crippen LogP contribution in [0.25, 0.3) is 10.9 Å². The largest absolute Gasteiger partial charge is 0.394 e. The molecule has 7 heteroatoms. The number of para-hydroxylation sites is 1. The minimum Gasteiger partial charge on any atom is -0.394 e. The van der Waals surface area contributed by atoms with Crippen LogP contribution in [-0.4, -0.2) is 44.6 Å². The predicted molar refractivity (Wildman–Crippen MR) is 93.0 cm³/mol. The van der Waals surface area contributed by atoms with Crippen molar-refractivity contribution in [2.75, 3.05) is 24.6 Å². The first-order valence-electron chi connectivity index (χ1n) is 8.54. The number of piperidine rings is 1. The Morgan fingerprint density at radius 1 is 1.16 bits per heavy atom. The number of nitrogens with zero attached hydrogens (tertiary/aromatic N) is 5. The molecule has 2 aromatic heterocycles. The Labute approximate surface area is 144 Å². The molecule has 1 saturated heterocycles. The normalized spacial score (nSPS) is 15.8. The van der Waals surface area contributed by atoms with Crippen LogP contribution in [0, 0.1) is 5.82 Å². The molecule has 6 nitrogen and oxygen atoms in total. The SMILES string of the molecule is OCCn1nccc1C1CCN(c2ncnc3c(F)cccc23)CC1. The molecule has 0 saturated carbocycles. The number of benzene rings is 1. The molecule has 0 atom stereocenters. The van der Waals surface area contributed by atoms with Crippen molar-refractivity contribution < 1.29 is 9.50 Å². The van der Waals surface area contributed by atoms with Crippen LogP contribution in [0.3, 0.4) is 0 Å².